The smallest absolute Gasteiger partial charge is 0.0346 e. The Balaban J connectivity index is 1.21. The van der Waals surface area contributed by atoms with Gasteiger partial charge in [-0.3, -0.25) is 9.97 Å². The molecular formula is C48H30N2. The third-order valence-corrected chi connectivity index (χ3v) is 10.2. The predicted octanol–water partition coefficient (Wildman–Crippen LogP) is 12.9. The molecule has 0 saturated heterocycles. The van der Waals surface area contributed by atoms with E-state index in [1.165, 1.54) is 76.1 Å². The van der Waals surface area contributed by atoms with Crippen molar-refractivity contribution in [2.75, 3.05) is 0 Å². The summed E-state index contributed by atoms with van der Waals surface area (Å²) in [7, 11) is 0. The second-order valence-corrected chi connectivity index (χ2v) is 13.0. The lowest BCUT2D eigenvalue weighted by Crippen LogP contribution is -1.92. The lowest BCUT2D eigenvalue weighted by molar-refractivity contribution is 1.30. The molecule has 0 fully saturated rings. The van der Waals surface area contributed by atoms with Crippen LogP contribution < -0.4 is 0 Å². The van der Waals surface area contributed by atoms with E-state index in [0.717, 1.165) is 22.3 Å². The summed E-state index contributed by atoms with van der Waals surface area (Å²) in [5, 5.41) is 12.7. The average molecular weight is 635 g/mol. The highest BCUT2D eigenvalue weighted by Crippen LogP contribution is 2.46. The lowest BCUT2D eigenvalue weighted by Gasteiger charge is -2.19. The summed E-state index contributed by atoms with van der Waals surface area (Å²) < 4.78 is 0. The molecule has 0 aliphatic rings. The highest BCUT2D eigenvalue weighted by molar-refractivity contribution is 6.27. The van der Waals surface area contributed by atoms with Crippen molar-refractivity contribution in [3.63, 3.8) is 0 Å². The van der Waals surface area contributed by atoms with Crippen molar-refractivity contribution in [1.82, 2.24) is 9.97 Å². The van der Waals surface area contributed by atoms with Gasteiger partial charge in [-0.15, -0.1) is 0 Å². The van der Waals surface area contributed by atoms with Crippen LogP contribution >= 0.6 is 0 Å². The van der Waals surface area contributed by atoms with Crippen molar-refractivity contribution in [1.29, 1.82) is 0 Å². The first-order chi connectivity index (χ1) is 24.8. The fourth-order valence-electron chi connectivity index (χ4n) is 7.97. The number of pyridine rings is 2. The monoisotopic (exact) mass is 634 g/mol. The maximum atomic E-state index is 4.62. The molecule has 232 valence electrons. The summed E-state index contributed by atoms with van der Waals surface area (Å²) >= 11 is 0. The minimum Gasteiger partial charge on any atom is -0.265 e. The van der Waals surface area contributed by atoms with E-state index < -0.39 is 0 Å². The molecular weight excluding hydrogens is 605 g/mol. The number of aromatic nitrogens is 2. The molecule has 0 spiro atoms. The molecule has 0 atom stereocenters. The van der Waals surface area contributed by atoms with Gasteiger partial charge in [-0.25, -0.2) is 0 Å². The molecule has 2 heteroatoms. The van der Waals surface area contributed by atoms with Crippen LogP contribution in [0.15, 0.2) is 183 Å². The summed E-state index contributed by atoms with van der Waals surface area (Å²) in [6.45, 7) is 0. The van der Waals surface area contributed by atoms with Gasteiger partial charge in [-0.05, 0) is 118 Å². The Kier molecular flexibility index (Phi) is 6.53. The quantitative estimate of drug-likeness (QED) is 0.142. The van der Waals surface area contributed by atoms with Crippen molar-refractivity contribution >= 4 is 53.9 Å². The van der Waals surface area contributed by atoms with E-state index in [-0.39, 0.29) is 0 Å². The zero-order chi connectivity index (χ0) is 33.0. The lowest BCUT2D eigenvalue weighted by atomic mass is 9.84. The number of nitrogens with zero attached hydrogens (tertiary/aromatic N) is 2. The Hall–Kier alpha value is -6.64. The zero-order valence-electron chi connectivity index (χ0n) is 27.2. The molecule has 2 nitrogen and oxygen atoms in total. The van der Waals surface area contributed by atoms with Gasteiger partial charge >= 0.3 is 0 Å². The zero-order valence-corrected chi connectivity index (χ0v) is 27.2. The van der Waals surface area contributed by atoms with Gasteiger partial charge in [0.1, 0.15) is 0 Å². The second kappa shape index (κ2) is 11.5. The first kappa shape index (κ1) is 28.4. The molecule has 0 aliphatic heterocycles. The van der Waals surface area contributed by atoms with Crippen molar-refractivity contribution < 1.29 is 0 Å². The first-order valence-corrected chi connectivity index (χ1v) is 17.1. The van der Waals surface area contributed by atoms with Crippen LogP contribution in [0.5, 0.6) is 0 Å². The number of hydrogen-bond donors (Lipinski definition) is 0. The van der Waals surface area contributed by atoms with Crippen LogP contribution in [-0.4, -0.2) is 9.97 Å². The van der Waals surface area contributed by atoms with Gasteiger partial charge in [-0.2, -0.15) is 0 Å². The Morgan fingerprint density at radius 3 is 1.22 bits per heavy atom. The van der Waals surface area contributed by atoms with E-state index >= 15 is 0 Å². The third kappa shape index (κ3) is 4.50. The van der Waals surface area contributed by atoms with Gasteiger partial charge in [0, 0.05) is 35.9 Å². The molecule has 0 saturated carbocycles. The second-order valence-electron chi connectivity index (χ2n) is 13.0. The summed E-state index contributed by atoms with van der Waals surface area (Å²) in [6.07, 6.45) is 7.52. The largest absolute Gasteiger partial charge is 0.265 e. The van der Waals surface area contributed by atoms with Crippen LogP contribution in [0.3, 0.4) is 0 Å². The van der Waals surface area contributed by atoms with E-state index in [2.05, 4.69) is 156 Å². The normalized spacial score (nSPS) is 11.6. The topological polar surface area (TPSA) is 25.8 Å². The van der Waals surface area contributed by atoms with E-state index in [0.29, 0.717) is 0 Å². The highest BCUT2D eigenvalue weighted by atomic mass is 14.6. The van der Waals surface area contributed by atoms with Crippen molar-refractivity contribution in [3.8, 4) is 44.5 Å². The van der Waals surface area contributed by atoms with Crippen molar-refractivity contribution in [2.45, 2.75) is 0 Å². The van der Waals surface area contributed by atoms with Crippen LogP contribution in [-0.2, 0) is 0 Å². The summed E-state index contributed by atoms with van der Waals surface area (Å²) in [5.41, 5.74) is 9.33. The summed E-state index contributed by atoms with van der Waals surface area (Å²) in [6, 6.07) is 57.6. The minimum absolute atomic E-state index is 1.08. The van der Waals surface area contributed by atoms with Crippen LogP contribution in [0.25, 0.3) is 98.4 Å². The predicted molar refractivity (Wildman–Crippen MR) is 211 cm³/mol. The Morgan fingerprint density at radius 2 is 0.660 bits per heavy atom. The summed E-state index contributed by atoms with van der Waals surface area (Å²) in [5.74, 6) is 0. The molecule has 2 heterocycles. The molecule has 0 amide bonds. The Labute approximate surface area is 290 Å². The van der Waals surface area contributed by atoms with Gasteiger partial charge < -0.3 is 0 Å². The fourth-order valence-corrected chi connectivity index (χ4v) is 7.97. The molecule has 0 radical (unpaired) electrons. The minimum atomic E-state index is 1.08. The van der Waals surface area contributed by atoms with Crippen molar-refractivity contribution in [2.24, 2.45) is 0 Å². The molecule has 0 aliphatic carbocycles. The third-order valence-electron chi connectivity index (χ3n) is 10.2. The van der Waals surface area contributed by atoms with Crippen LogP contribution in [0.4, 0.5) is 0 Å². The van der Waals surface area contributed by atoms with Gasteiger partial charge in [0.2, 0.25) is 0 Å². The molecule has 10 aromatic rings. The Bertz CT molecular complexity index is 2830. The van der Waals surface area contributed by atoms with Crippen LogP contribution in [0, 0.1) is 0 Å². The standard InChI is InChI=1S/C48H30N2/c1-2-14-39-37(12-1)38-13-3-4-15-40(38)46-28-34(20-21-41(39)46)48-44-18-7-5-16-42(44)47(43-17-6-8-19-45(43)48)33-11-9-10-32(26-33)36-27-35(29-50-30-36)31-22-24-49-25-23-31/h1-30H. The number of fused-ring (bicyclic) bond motifs is 8. The van der Waals surface area contributed by atoms with Gasteiger partial charge in [0.25, 0.3) is 0 Å². The molecule has 8 aromatic carbocycles. The van der Waals surface area contributed by atoms with E-state index in [1.54, 1.807) is 0 Å². The van der Waals surface area contributed by atoms with E-state index in [4.69, 9.17) is 0 Å². The average Bonchev–Trinajstić information content (AvgIpc) is 3.20. The van der Waals surface area contributed by atoms with E-state index in [1.807, 2.05) is 36.9 Å². The van der Waals surface area contributed by atoms with Crippen LogP contribution in [0.2, 0.25) is 0 Å². The number of benzene rings is 8. The maximum absolute atomic E-state index is 4.62. The van der Waals surface area contributed by atoms with Gasteiger partial charge in [-0.1, -0.05) is 127 Å². The maximum Gasteiger partial charge on any atom is 0.0346 e. The fraction of sp³-hybridized carbons (Fsp3) is 0. The SMILES string of the molecule is c1cc(-c2cncc(-c3ccncc3)c2)cc(-c2c3ccccc3c(-c3ccc4c5ccccc5c5ccccc5c4c3)c3ccccc23)c1. The van der Waals surface area contributed by atoms with Crippen LogP contribution in [0.1, 0.15) is 0 Å². The molecule has 0 bridgehead atoms. The molecule has 0 N–H and O–H groups in total. The molecule has 2 aromatic heterocycles. The summed E-state index contributed by atoms with van der Waals surface area (Å²) in [4.78, 5) is 8.81. The molecule has 50 heavy (non-hydrogen) atoms. The highest BCUT2D eigenvalue weighted by Gasteiger charge is 2.18. The number of rotatable bonds is 4. The molecule has 0 unspecified atom stereocenters. The van der Waals surface area contributed by atoms with Gasteiger partial charge in [0.15, 0.2) is 0 Å². The van der Waals surface area contributed by atoms with E-state index in [9.17, 15) is 0 Å². The first-order valence-electron chi connectivity index (χ1n) is 17.1. The van der Waals surface area contributed by atoms with Gasteiger partial charge in [0.05, 0.1) is 0 Å². The Morgan fingerprint density at radius 1 is 0.240 bits per heavy atom. The number of hydrogen-bond acceptors (Lipinski definition) is 2. The molecule has 10 rings (SSSR count). The van der Waals surface area contributed by atoms with Crippen molar-refractivity contribution in [3.05, 3.63) is 183 Å².